The standard InChI is InChI=1S/C18H24ClN3O/c1-13-12-14(19)8-9-15(13)18(22(21)10-5-11-23-2)16-6-3-4-7-17(16)20/h3-4,6-9,12,18H,5,10-11,20-21H2,1-2H3. The second-order valence-corrected chi connectivity index (χ2v) is 6.05. The first-order valence-corrected chi connectivity index (χ1v) is 8.03. The van der Waals surface area contributed by atoms with Crippen molar-refractivity contribution >= 4 is 17.3 Å². The molecule has 2 aromatic rings. The normalized spacial score (nSPS) is 12.6. The maximum atomic E-state index is 6.39. The number of ether oxygens (including phenoxy) is 1. The van der Waals surface area contributed by atoms with E-state index in [9.17, 15) is 0 Å². The minimum Gasteiger partial charge on any atom is -0.398 e. The minimum absolute atomic E-state index is 0.120. The molecule has 2 rings (SSSR count). The van der Waals surface area contributed by atoms with Gasteiger partial charge in [0.05, 0.1) is 6.04 Å². The van der Waals surface area contributed by atoms with Gasteiger partial charge in [0.2, 0.25) is 0 Å². The van der Waals surface area contributed by atoms with Gasteiger partial charge in [-0.1, -0.05) is 35.9 Å². The number of hydrogen-bond acceptors (Lipinski definition) is 4. The highest BCUT2D eigenvalue weighted by Gasteiger charge is 2.23. The number of aryl methyl sites for hydroxylation is 1. The number of methoxy groups -OCH3 is 1. The average molecular weight is 334 g/mol. The van der Waals surface area contributed by atoms with Crippen molar-refractivity contribution < 1.29 is 4.74 Å². The van der Waals surface area contributed by atoms with Gasteiger partial charge in [-0.15, -0.1) is 0 Å². The van der Waals surface area contributed by atoms with Crippen molar-refractivity contribution in [1.82, 2.24) is 5.01 Å². The van der Waals surface area contributed by atoms with Crippen LogP contribution in [0.15, 0.2) is 42.5 Å². The van der Waals surface area contributed by atoms with Crippen molar-refractivity contribution in [2.24, 2.45) is 5.84 Å². The number of rotatable bonds is 7. The predicted molar refractivity (Wildman–Crippen MR) is 96.3 cm³/mol. The Morgan fingerprint density at radius 1 is 1.17 bits per heavy atom. The summed E-state index contributed by atoms with van der Waals surface area (Å²) in [6, 6.07) is 13.6. The zero-order chi connectivity index (χ0) is 16.8. The van der Waals surface area contributed by atoms with E-state index in [1.165, 1.54) is 0 Å². The van der Waals surface area contributed by atoms with Crippen molar-refractivity contribution in [3.63, 3.8) is 0 Å². The Morgan fingerprint density at radius 2 is 1.91 bits per heavy atom. The summed E-state index contributed by atoms with van der Waals surface area (Å²) in [5.74, 6) is 6.39. The maximum absolute atomic E-state index is 6.39. The molecule has 0 fully saturated rings. The molecule has 0 saturated carbocycles. The number of halogens is 1. The summed E-state index contributed by atoms with van der Waals surface area (Å²) in [4.78, 5) is 0. The number of hydrogen-bond donors (Lipinski definition) is 2. The summed E-state index contributed by atoms with van der Waals surface area (Å²) in [6.45, 7) is 3.41. The number of anilines is 1. The highest BCUT2D eigenvalue weighted by atomic mass is 35.5. The first-order valence-electron chi connectivity index (χ1n) is 7.65. The Labute approximate surface area is 143 Å². The molecule has 124 valence electrons. The molecule has 2 aromatic carbocycles. The molecule has 0 aliphatic rings. The van der Waals surface area contributed by atoms with E-state index < -0.39 is 0 Å². The number of nitrogens with zero attached hydrogens (tertiary/aromatic N) is 1. The van der Waals surface area contributed by atoms with Gasteiger partial charge >= 0.3 is 0 Å². The average Bonchev–Trinajstić information content (AvgIpc) is 2.51. The molecule has 0 amide bonds. The molecular weight excluding hydrogens is 310 g/mol. The van der Waals surface area contributed by atoms with Gasteiger partial charge in [-0.05, 0) is 48.2 Å². The van der Waals surface area contributed by atoms with Crippen LogP contribution in [0, 0.1) is 6.92 Å². The fourth-order valence-corrected chi connectivity index (χ4v) is 2.98. The Hall–Kier alpha value is -1.59. The molecule has 0 aliphatic carbocycles. The molecule has 23 heavy (non-hydrogen) atoms. The van der Waals surface area contributed by atoms with Gasteiger partial charge in [0.25, 0.3) is 0 Å². The maximum Gasteiger partial charge on any atom is 0.0763 e. The van der Waals surface area contributed by atoms with E-state index in [4.69, 9.17) is 27.9 Å². The van der Waals surface area contributed by atoms with Gasteiger partial charge in [-0.3, -0.25) is 5.84 Å². The zero-order valence-corrected chi connectivity index (χ0v) is 14.4. The van der Waals surface area contributed by atoms with Crippen molar-refractivity contribution in [2.45, 2.75) is 19.4 Å². The highest BCUT2D eigenvalue weighted by Crippen LogP contribution is 2.33. The first-order chi connectivity index (χ1) is 11.0. The third-order valence-corrected chi connectivity index (χ3v) is 4.15. The second-order valence-electron chi connectivity index (χ2n) is 5.62. The zero-order valence-electron chi connectivity index (χ0n) is 13.6. The van der Waals surface area contributed by atoms with E-state index in [0.717, 1.165) is 28.8 Å². The summed E-state index contributed by atoms with van der Waals surface area (Å²) in [6.07, 6.45) is 0.850. The lowest BCUT2D eigenvalue weighted by Crippen LogP contribution is -2.37. The monoisotopic (exact) mass is 333 g/mol. The molecule has 1 atom stereocenters. The molecule has 0 spiro atoms. The fourth-order valence-electron chi connectivity index (χ4n) is 2.75. The van der Waals surface area contributed by atoms with E-state index >= 15 is 0 Å². The van der Waals surface area contributed by atoms with E-state index in [1.54, 1.807) is 7.11 Å². The number of nitrogens with two attached hydrogens (primary N) is 2. The topological polar surface area (TPSA) is 64.5 Å². The van der Waals surface area contributed by atoms with E-state index in [-0.39, 0.29) is 6.04 Å². The molecule has 4 N–H and O–H groups in total. The van der Waals surface area contributed by atoms with Crippen LogP contribution < -0.4 is 11.6 Å². The minimum atomic E-state index is -0.120. The first kappa shape index (κ1) is 17.8. The summed E-state index contributed by atoms with van der Waals surface area (Å²) in [7, 11) is 1.69. The van der Waals surface area contributed by atoms with Gasteiger partial charge in [0, 0.05) is 31.0 Å². The summed E-state index contributed by atoms with van der Waals surface area (Å²) < 4.78 is 5.12. The molecule has 0 radical (unpaired) electrons. The highest BCUT2D eigenvalue weighted by molar-refractivity contribution is 6.30. The van der Waals surface area contributed by atoms with Crippen molar-refractivity contribution in [3.05, 3.63) is 64.2 Å². The van der Waals surface area contributed by atoms with E-state index in [1.807, 2.05) is 54.4 Å². The van der Waals surface area contributed by atoms with Gasteiger partial charge < -0.3 is 10.5 Å². The van der Waals surface area contributed by atoms with Crippen LogP contribution in [0.5, 0.6) is 0 Å². The molecule has 0 aliphatic heterocycles. The molecule has 4 nitrogen and oxygen atoms in total. The van der Waals surface area contributed by atoms with Crippen LogP contribution in [-0.4, -0.2) is 25.3 Å². The number of nitrogen functional groups attached to an aromatic ring is 1. The Kier molecular flexibility index (Phi) is 6.42. The summed E-state index contributed by atoms with van der Waals surface area (Å²) in [5.41, 5.74) is 10.1. The summed E-state index contributed by atoms with van der Waals surface area (Å²) >= 11 is 6.09. The molecule has 5 heteroatoms. The van der Waals surface area contributed by atoms with Crippen LogP contribution in [0.2, 0.25) is 5.02 Å². The lowest BCUT2D eigenvalue weighted by Gasteiger charge is -2.30. The fraction of sp³-hybridized carbons (Fsp3) is 0.333. The number of benzene rings is 2. The second kappa shape index (κ2) is 8.31. The molecule has 0 bridgehead atoms. The van der Waals surface area contributed by atoms with E-state index in [0.29, 0.717) is 18.2 Å². The molecule has 0 aromatic heterocycles. The summed E-state index contributed by atoms with van der Waals surface area (Å²) in [5, 5.41) is 2.54. The van der Waals surface area contributed by atoms with Crippen LogP contribution in [0.4, 0.5) is 5.69 Å². The lowest BCUT2D eigenvalue weighted by molar-refractivity contribution is 0.160. The van der Waals surface area contributed by atoms with Crippen LogP contribution >= 0.6 is 11.6 Å². The van der Waals surface area contributed by atoms with Gasteiger partial charge in [0.1, 0.15) is 0 Å². The van der Waals surface area contributed by atoms with Gasteiger partial charge in [-0.25, -0.2) is 5.01 Å². The predicted octanol–water partition coefficient (Wildman–Crippen LogP) is 3.53. The van der Waals surface area contributed by atoms with Crippen LogP contribution in [0.1, 0.15) is 29.2 Å². The van der Waals surface area contributed by atoms with Crippen LogP contribution in [0.25, 0.3) is 0 Å². The van der Waals surface area contributed by atoms with Crippen LogP contribution in [-0.2, 0) is 4.74 Å². The van der Waals surface area contributed by atoms with Gasteiger partial charge in [-0.2, -0.15) is 0 Å². The SMILES string of the molecule is COCCCN(N)C(c1ccc(Cl)cc1C)c1ccccc1N. The van der Waals surface area contributed by atoms with Gasteiger partial charge in [0.15, 0.2) is 0 Å². The molecule has 0 saturated heterocycles. The van der Waals surface area contributed by atoms with Crippen LogP contribution in [0.3, 0.4) is 0 Å². The molecular formula is C18H24ClN3O. The third-order valence-electron chi connectivity index (χ3n) is 3.91. The van der Waals surface area contributed by atoms with Crippen molar-refractivity contribution in [3.8, 4) is 0 Å². The Morgan fingerprint density at radius 3 is 2.57 bits per heavy atom. The quantitative estimate of drug-likeness (QED) is 0.352. The Bertz CT molecular complexity index is 648. The molecule has 0 heterocycles. The van der Waals surface area contributed by atoms with Crippen molar-refractivity contribution in [1.29, 1.82) is 0 Å². The smallest absolute Gasteiger partial charge is 0.0763 e. The number of hydrazine groups is 1. The largest absolute Gasteiger partial charge is 0.398 e. The molecule has 1 unspecified atom stereocenters. The lowest BCUT2D eigenvalue weighted by atomic mass is 9.93. The Balaban J connectivity index is 2.41. The third kappa shape index (κ3) is 4.45. The van der Waals surface area contributed by atoms with E-state index in [2.05, 4.69) is 0 Å². The van der Waals surface area contributed by atoms with Crippen molar-refractivity contribution in [2.75, 3.05) is 26.0 Å². The number of para-hydroxylation sites is 1.